The van der Waals surface area contributed by atoms with Crippen molar-refractivity contribution < 1.29 is 9.90 Å². The van der Waals surface area contributed by atoms with Gasteiger partial charge in [-0.3, -0.25) is 4.79 Å². The van der Waals surface area contributed by atoms with Crippen LogP contribution >= 0.6 is 0 Å². The van der Waals surface area contributed by atoms with Gasteiger partial charge in [-0.25, -0.2) is 0 Å². The summed E-state index contributed by atoms with van der Waals surface area (Å²) < 4.78 is 0. The minimum Gasteiger partial charge on any atom is -0.388 e. The van der Waals surface area contributed by atoms with Gasteiger partial charge in [-0.15, -0.1) is 0 Å². The molecule has 1 unspecified atom stereocenters. The van der Waals surface area contributed by atoms with Gasteiger partial charge >= 0.3 is 0 Å². The zero-order valence-corrected chi connectivity index (χ0v) is 12.1. The zero-order chi connectivity index (χ0) is 14.5. The Bertz CT molecular complexity index is 456. The summed E-state index contributed by atoms with van der Waals surface area (Å²) in [6, 6.07) is 8.15. The molecule has 0 bridgehead atoms. The molecule has 1 aliphatic rings. The van der Waals surface area contributed by atoms with Crippen LogP contribution in [0.5, 0.6) is 0 Å². The summed E-state index contributed by atoms with van der Waals surface area (Å²) in [6.07, 6.45) is 4.72. The molecule has 1 aromatic rings. The van der Waals surface area contributed by atoms with Gasteiger partial charge in [-0.1, -0.05) is 38.0 Å². The van der Waals surface area contributed by atoms with Crippen molar-refractivity contribution in [2.24, 2.45) is 5.73 Å². The molecule has 4 nitrogen and oxygen atoms in total. The van der Waals surface area contributed by atoms with E-state index in [1.54, 1.807) is 0 Å². The van der Waals surface area contributed by atoms with Crippen molar-refractivity contribution in [3.05, 3.63) is 29.8 Å². The first-order chi connectivity index (χ1) is 9.63. The topological polar surface area (TPSA) is 66.6 Å². The standard InChI is InChI=1S/C16H24N2O2/c1-2-15(19)13-9-5-6-10-14(13)18(11-16(17)20)12-7-3-4-8-12/h5-6,9-10,12,15,19H,2-4,7-8,11H2,1H3,(H2,17,20). The molecule has 1 fully saturated rings. The number of nitrogens with zero attached hydrogens (tertiary/aromatic N) is 1. The number of carbonyl (C=O) groups excluding carboxylic acids is 1. The van der Waals surface area contributed by atoms with Gasteiger partial charge in [0.2, 0.25) is 5.91 Å². The zero-order valence-electron chi connectivity index (χ0n) is 12.1. The summed E-state index contributed by atoms with van der Waals surface area (Å²) in [5.74, 6) is -0.322. The van der Waals surface area contributed by atoms with Crippen LogP contribution in [-0.2, 0) is 4.79 Å². The second-order valence-corrected chi connectivity index (χ2v) is 5.52. The van der Waals surface area contributed by atoms with Crippen LogP contribution in [0.2, 0.25) is 0 Å². The van der Waals surface area contributed by atoms with Gasteiger partial charge in [0.15, 0.2) is 0 Å². The number of carbonyl (C=O) groups is 1. The van der Waals surface area contributed by atoms with Crippen molar-refractivity contribution >= 4 is 11.6 Å². The smallest absolute Gasteiger partial charge is 0.236 e. The highest BCUT2D eigenvalue weighted by Gasteiger charge is 2.26. The maximum atomic E-state index is 11.4. The molecule has 0 aliphatic heterocycles. The van der Waals surface area contributed by atoms with Gasteiger partial charge < -0.3 is 15.7 Å². The van der Waals surface area contributed by atoms with E-state index in [-0.39, 0.29) is 12.5 Å². The largest absolute Gasteiger partial charge is 0.388 e. The number of anilines is 1. The van der Waals surface area contributed by atoms with Gasteiger partial charge in [0.25, 0.3) is 0 Å². The molecule has 0 heterocycles. The summed E-state index contributed by atoms with van der Waals surface area (Å²) >= 11 is 0. The molecule has 0 spiro atoms. The van der Waals surface area contributed by atoms with Crippen LogP contribution in [0.4, 0.5) is 5.69 Å². The van der Waals surface area contributed by atoms with E-state index in [1.165, 1.54) is 12.8 Å². The van der Waals surface area contributed by atoms with Crippen molar-refractivity contribution in [2.75, 3.05) is 11.4 Å². The average Bonchev–Trinajstić information content (AvgIpc) is 2.97. The van der Waals surface area contributed by atoms with E-state index in [0.29, 0.717) is 12.5 Å². The number of benzene rings is 1. The lowest BCUT2D eigenvalue weighted by Gasteiger charge is -2.32. The third kappa shape index (κ3) is 3.31. The van der Waals surface area contributed by atoms with Crippen LogP contribution in [0.3, 0.4) is 0 Å². The Labute approximate surface area is 120 Å². The number of aliphatic hydroxyl groups is 1. The predicted molar refractivity (Wildman–Crippen MR) is 80.5 cm³/mol. The van der Waals surface area contributed by atoms with E-state index in [4.69, 9.17) is 5.73 Å². The maximum absolute atomic E-state index is 11.4. The molecule has 1 atom stereocenters. The van der Waals surface area contributed by atoms with Crippen molar-refractivity contribution in [1.29, 1.82) is 0 Å². The Morgan fingerprint density at radius 1 is 1.40 bits per heavy atom. The van der Waals surface area contributed by atoms with Crippen LogP contribution in [0.15, 0.2) is 24.3 Å². The van der Waals surface area contributed by atoms with Crippen molar-refractivity contribution in [1.82, 2.24) is 0 Å². The first-order valence-electron chi connectivity index (χ1n) is 7.45. The first-order valence-corrected chi connectivity index (χ1v) is 7.45. The van der Waals surface area contributed by atoms with Crippen LogP contribution in [0, 0.1) is 0 Å². The van der Waals surface area contributed by atoms with Crippen molar-refractivity contribution in [3.8, 4) is 0 Å². The molecular weight excluding hydrogens is 252 g/mol. The number of nitrogens with two attached hydrogens (primary N) is 1. The van der Waals surface area contributed by atoms with E-state index in [2.05, 4.69) is 4.90 Å². The van der Waals surface area contributed by atoms with Gasteiger partial charge in [0.1, 0.15) is 0 Å². The molecule has 110 valence electrons. The van der Waals surface area contributed by atoms with Gasteiger partial charge in [0, 0.05) is 17.3 Å². The average molecular weight is 276 g/mol. The second-order valence-electron chi connectivity index (χ2n) is 5.52. The number of hydrogen-bond acceptors (Lipinski definition) is 3. The summed E-state index contributed by atoms with van der Waals surface area (Å²) in [5, 5.41) is 10.2. The molecule has 0 aromatic heterocycles. The van der Waals surface area contributed by atoms with E-state index >= 15 is 0 Å². The highest BCUT2D eigenvalue weighted by atomic mass is 16.3. The monoisotopic (exact) mass is 276 g/mol. The second kappa shape index (κ2) is 6.75. The quantitative estimate of drug-likeness (QED) is 0.838. The molecule has 4 heteroatoms. The lowest BCUT2D eigenvalue weighted by atomic mass is 10.0. The molecule has 1 aromatic carbocycles. The Balaban J connectivity index is 2.34. The van der Waals surface area contributed by atoms with Gasteiger partial charge in [-0.2, -0.15) is 0 Å². The van der Waals surface area contributed by atoms with Crippen LogP contribution in [0.25, 0.3) is 0 Å². The van der Waals surface area contributed by atoms with E-state index in [9.17, 15) is 9.90 Å². The number of rotatable bonds is 6. The van der Waals surface area contributed by atoms with E-state index in [0.717, 1.165) is 24.1 Å². The summed E-state index contributed by atoms with van der Waals surface area (Å²) in [6.45, 7) is 2.17. The predicted octanol–water partition coefficient (Wildman–Crippen LogP) is 2.36. The minimum absolute atomic E-state index is 0.220. The highest BCUT2D eigenvalue weighted by molar-refractivity contribution is 5.80. The lowest BCUT2D eigenvalue weighted by Crippen LogP contribution is -2.40. The molecule has 1 amide bonds. The minimum atomic E-state index is -0.497. The Kier molecular flexibility index (Phi) is 5.01. The number of aliphatic hydroxyl groups excluding tert-OH is 1. The summed E-state index contributed by atoms with van der Waals surface area (Å²) in [5.41, 5.74) is 7.26. The Morgan fingerprint density at radius 3 is 2.65 bits per heavy atom. The Morgan fingerprint density at radius 2 is 2.05 bits per heavy atom. The maximum Gasteiger partial charge on any atom is 0.236 e. The third-order valence-electron chi connectivity index (χ3n) is 4.08. The van der Waals surface area contributed by atoms with Crippen LogP contribution < -0.4 is 10.6 Å². The van der Waals surface area contributed by atoms with Gasteiger partial charge in [-0.05, 0) is 25.3 Å². The number of hydrogen-bond donors (Lipinski definition) is 2. The normalized spacial score (nSPS) is 17.1. The lowest BCUT2D eigenvalue weighted by molar-refractivity contribution is -0.116. The molecular formula is C16H24N2O2. The van der Waals surface area contributed by atoms with Crippen LogP contribution in [-0.4, -0.2) is 23.6 Å². The first kappa shape index (κ1) is 14.9. The fraction of sp³-hybridized carbons (Fsp3) is 0.562. The highest BCUT2D eigenvalue weighted by Crippen LogP contribution is 2.33. The molecule has 20 heavy (non-hydrogen) atoms. The molecule has 0 radical (unpaired) electrons. The number of amides is 1. The van der Waals surface area contributed by atoms with E-state index < -0.39 is 6.10 Å². The fourth-order valence-electron chi connectivity index (χ4n) is 3.05. The molecule has 1 saturated carbocycles. The summed E-state index contributed by atoms with van der Waals surface area (Å²) in [7, 11) is 0. The molecule has 2 rings (SSSR count). The Hall–Kier alpha value is -1.55. The van der Waals surface area contributed by atoms with Crippen molar-refractivity contribution in [2.45, 2.75) is 51.2 Å². The van der Waals surface area contributed by atoms with Crippen LogP contribution in [0.1, 0.15) is 50.7 Å². The molecule has 0 saturated heterocycles. The molecule has 1 aliphatic carbocycles. The van der Waals surface area contributed by atoms with Crippen molar-refractivity contribution in [3.63, 3.8) is 0 Å². The third-order valence-corrected chi connectivity index (χ3v) is 4.08. The fourth-order valence-corrected chi connectivity index (χ4v) is 3.05. The molecule has 3 N–H and O–H groups in total. The number of primary amides is 1. The number of para-hydroxylation sites is 1. The van der Waals surface area contributed by atoms with Gasteiger partial charge in [0.05, 0.1) is 12.6 Å². The van der Waals surface area contributed by atoms with E-state index in [1.807, 2.05) is 31.2 Å². The SMILES string of the molecule is CCC(O)c1ccccc1N(CC(N)=O)C1CCCC1. The summed E-state index contributed by atoms with van der Waals surface area (Å²) in [4.78, 5) is 13.5.